The van der Waals surface area contributed by atoms with Gasteiger partial charge in [0.15, 0.2) is 0 Å². The average Bonchev–Trinajstić information content (AvgIpc) is 4.15. The summed E-state index contributed by atoms with van der Waals surface area (Å²) >= 11 is 0. The summed E-state index contributed by atoms with van der Waals surface area (Å²) in [5, 5.41) is 1.11. The minimum atomic E-state index is -0.557. The van der Waals surface area contributed by atoms with Crippen molar-refractivity contribution in [3.8, 4) is 50.5 Å². The van der Waals surface area contributed by atoms with Crippen molar-refractivity contribution >= 4 is 28.0 Å². The van der Waals surface area contributed by atoms with Crippen molar-refractivity contribution < 1.29 is 9.15 Å². The summed E-state index contributed by atoms with van der Waals surface area (Å²) < 4.78 is 13.9. The Bertz CT molecular complexity index is 3450. The molecule has 0 bridgehead atoms. The third kappa shape index (κ3) is 5.03. The summed E-state index contributed by atoms with van der Waals surface area (Å²) in [4.78, 5) is 2.53. The molecule has 66 heavy (non-hydrogen) atoms. The molecule has 0 saturated heterocycles. The van der Waals surface area contributed by atoms with Gasteiger partial charge in [-0.15, -0.1) is 0 Å². The number of fused-ring (bicyclic) bond motifs is 15. The molecule has 1 fully saturated rings. The van der Waals surface area contributed by atoms with Gasteiger partial charge in [-0.2, -0.15) is 0 Å². The van der Waals surface area contributed by atoms with Gasteiger partial charge >= 0.3 is 0 Å². The molecule has 14 rings (SSSR count). The summed E-state index contributed by atoms with van der Waals surface area (Å²) in [5.41, 5.74) is 18.6. The number of anilines is 3. The quantitative estimate of drug-likeness (QED) is 0.173. The van der Waals surface area contributed by atoms with Crippen molar-refractivity contribution in [3.63, 3.8) is 0 Å². The van der Waals surface area contributed by atoms with Crippen LogP contribution in [0, 0.1) is 5.92 Å². The third-order valence-electron chi connectivity index (χ3n) is 15.9. The van der Waals surface area contributed by atoms with Crippen LogP contribution in [0.1, 0.15) is 60.4 Å². The number of para-hydroxylation sites is 1. The molecule has 1 saturated carbocycles. The molecule has 2 heterocycles. The Labute approximate surface area is 386 Å². The fourth-order valence-electron chi connectivity index (χ4n) is 13.3. The van der Waals surface area contributed by atoms with E-state index in [0.717, 1.165) is 50.5 Å². The van der Waals surface area contributed by atoms with E-state index >= 15 is 0 Å². The van der Waals surface area contributed by atoms with Gasteiger partial charge < -0.3 is 14.1 Å². The lowest BCUT2D eigenvalue weighted by Gasteiger charge is -2.52. The molecular weight excluding hydrogens is 803 g/mol. The fraction of sp³-hybridized carbons (Fsp3) is 0.143. The predicted octanol–water partition coefficient (Wildman–Crippen LogP) is 16.3. The van der Waals surface area contributed by atoms with Gasteiger partial charge in [-0.25, -0.2) is 0 Å². The molecule has 9 aromatic rings. The highest BCUT2D eigenvalue weighted by molar-refractivity contribution is 6.02. The Morgan fingerprint density at radius 3 is 1.94 bits per heavy atom. The second-order valence-corrected chi connectivity index (χ2v) is 19.2. The van der Waals surface area contributed by atoms with E-state index in [1.54, 1.807) is 0 Å². The van der Waals surface area contributed by atoms with Crippen LogP contribution in [0.5, 0.6) is 5.75 Å². The van der Waals surface area contributed by atoms with Gasteiger partial charge in [-0.1, -0.05) is 177 Å². The van der Waals surface area contributed by atoms with Crippen LogP contribution >= 0.6 is 0 Å². The largest absolute Gasteiger partial charge is 0.482 e. The van der Waals surface area contributed by atoms with Crippen LogP contribution in [0.4, 0.5) is 17.1 Å². The van der Waals surface area contributed by atoms with Crippen LogP contribution < -0.4 is 9.64 Å². The van der Waals surface area contributed by atoms with E-state index in [2.05, 4.69) is 224 Å². The SMILES string of the molecule is CC12C=CC=CC1C1(c3cc(N(c4ccc(-c5c(-c6ccccc6)oc6ccccc56)cc4)c4cccc5c4-c4ccccc4C54CCCC4)ccc3O2)c2ccccc2-c2ccccc21. The molecule has 3 heteroatoms. The second-order valence-electron chi connectivity index (χ2n) is 19.2. The van der Waals surface area contributed by atoms with E-state index in [4.69, 9.17) is 9.15 Å². The molecule has 0 N–H and O–H groups in total. The van der Waals surface area contributed by atoms with Gasteiger partial charge in [0.05, 0.1) is 11.1 Å². The monoisotopic (exact) mass is 849 g/mol. The van der Waals surface area contributed by atoms with E-state index in [1.165, 1.54) is 81.4 Å². The number of benzene rings is 8. The van der Waals surface area contributed by atoms with E-state index < -0.39 is 11.0 Å². The van der Waals surface area contributed by atoms with Crippen LogP contribution in [-0.2, 0) is 10.8 Å². The van der Waals surface area contributed by atoms with Crippen molar-refractivity contribution in [1.29, 1.82) is 0 Å². The summed E-state index contributed by atoms with van der Waals surface area (Å²) in [6.45, 7) is 2.27. The zero-order chi connectivity index (χ0) is 43.6. The first-order valence-corrected chi connectivity index (χ1v) is 23.7. The Morgan fingerprint density at radius 1 is 0.515 bits per heavy atom. The highest BCUT2D eigenvalue weighted by Gasteiger charge is 2.60. The Morgan fingerprint density at radius 2 is 1.17 bits per heavy atom. The summed E-state index contributed by atoms with van der Waals surface area (Å²) in [6.07, 6.45) is 13.9. The van der Waals surface area contributed by atoms with E-state index in [-0.39, 0.29) is 11.3 Å². The zero-order valence-corrected chi connectivity index (χ0v) is 36.9. The Hall–Kier alpha value is -7.62. The van der Waals surface area contributed by atoms with Gasteiger partial charge in [-0.3, -0.25) is 0 Å². The summed E-state index contributed by atoms with van der Waals surface area (Å²) in [6, 6.07) is 69.6. The van der Waals surface area contributed by atoms with E-state index in [1.807, 2.05) is 0 Å². The fourth-order valence-corrected chi connectivity index (χ4v) is 13.3. The Kier molecular flexibility index (Phi) is 7.97. The zero-order valence-electron chi connectivity index (χ0n) is 36.9. The number of nitrogens with zero attached hydrogens (tertiary/aromatic N) is 1. The molecule has 3 nitrogen and oxygen atoms in total. The highest BCUT2D eigenvalue weighted by atomic mass is 16.5. The first-order chi connectivity index (χ1) is 32.6. The standard InChI is InChI=1S/C63H47NO2/c1-61-37-14-13-30-57(61)63(50-25-10-5-20-45(50)46-21-6-11-26-51(46)63)53-40-44(35-36-56(53)66-61)64(54-28-17-27-52-59(54)47-22-7-9-24-49(47)62(52)38-15-16-39-62)43-33-31-41(32-34-43)58-48-23-8-12-29-55(48)65-60(58)42-18-3-2-4-19-42/h2-14,17-37,40,57H,15-16,38-39H2,1H3. The topological polar surface area (TPSA) is 25.6 Å². The molecule has 2 unspecified atom stereocenters. The van der Waals surface area contributed by atoms with Crippen molar-refractivity contribution in [2.45, 2.75) is 49.0 Å². The first-order valence-electron chi connectivity index (χ1n) is 23.7. The van der Waals surface area contributed by atoms with Crippen molar-refractivity contribution in [2.75, 3.05) is 4.90 Å². The number of allylic oxidation sites excluding steroid dienone is 2. The van der Waals surface area contributed by atoms with Gasteiger partial charge in [0.2, 0.25) is 0 Å². The first kappa shape index (κ1) is 37.7. The molecule has 2 atom stereocenters. The maximum Gasteiger partial charge on any atom is 0.143 e. The van der Waals surface area contributed by atoms with Gasteiger partial charge in [0, 0.05) is 50.3 Å². The molecule has 0 radical (unpaired) electrons. The average molecular weight is 850 g/mol. The molecular formula is C63H47NO2. The maximum absolute atomic E-state index is 7.24. The number of rotatable bonds is 5. The molecule has 4 aliphatic carbocycles. The van der Waals surface area contributed by atoms with Crippen LogP contribution in [0.25, 0.3) is 55.7 Å². The molecule has 5 aliphatic rings. The maximum atomic E-state index is 7.24. The Balaban J connectivity index is 1.02. The lowest BCUT2D eigenvalue weighted by molar-refractivity contribution is 0.0472. The molecule has 0 amide bonds. The van der Waals surface area contributed by atoms with Crippen LogP contribution in [0.15, 0.2) is 217 Å². The second kappa shape index (κ2) is 13.9. The summed E-state index contributed by atoms with van der Waals surface area (Å²) in [7, 11) is 0. The normalized spacial score (nSPS) is 19.5. The minimum Gasteiger partial charge on any atom is -0.482 e. The lowest BCUT2D eigenvalue weighted by atomic mass is 9.56. The van der Waals surface area contributed by atoms with Crippen LogP contribution in [0.2, 0.25) is 0 Å². The number of hydrogen-bond donors (Lipinski definition) is 0. The van der Waals surface area contributed by atoms with E-state index in [0.29, 0.717) is 0 Å². The molecule has 1 aliphatic heterocycles. The van der Waals surface area contributed by atoms with Gasteiger partial charge in [0.1, 0.15) is 22.7 Å². The number of ether oxygens (including phenoxy) is 1. The van der Waals surface area contributed by atoms with Gasteiger partial charge in [-0.05, 0) is 113 Å². The predicted molar refractivity (Wildman–Crippen MR) is 269 cm³/mol. The smallest absolute Gasteiger partial charge is 0.143 e. The van der Waals surface area contributed by atoms with E-state index in [9.17, 15) is 0 Å². The lowest BCUT2D eigenvalue weighted by Crippen LogP contribution is -2.54. The third-order valence-corrected chi connectivity index (χ3v) is 15.9. The molecule has 8 aromatic carbocycles. The molecule has 316 valence electrons. The molecule has 1 aromatic heterocycles. The van der Waals surface area contributed by atoms with Gasteiger partial charge in [0.25, 0.3) is 0 Å². The van der Waals surface area contributed by atoms with Crippen molar-refractivity contribution in [1.82, 2.24) is 0 Å². The van der Waals surface area contributed by atoms with Crippen molar-refractivity contribution in [3.05, 3.63) is 240 Å². The van der Waals surface area contributed by atoms with Crippen molar-refractivity contribution in [2.24, 2.45) is 5.92 Å². The summed E-state index contributed by atoms with van der Waals surface area (Å²) in [5.74, 6) is 1.82. The van der Waals surface area contributed by atoms with Crippen LogP contribution in [0.3, 0.4) is 0 Å². The van der Waals surface area contributed by atoms with Crippen LogP contribution in [-0.4, -0.2) is 5.60 Å². The highest BCUT2D eigenvalue weighted by Crippen LogP contribution is 2.65. The molecule has 2 spiro atoms. The minimum absolute atomic E-state index is 0.00829. The number of hydrogen-bond acceptors (Lipinski definition) is 3. The number of furan rings is 1.